The quantitative estimate of drug-likeness (QED) is 0.292. The Balaban J connectivity index is -0.000000855. The molecule has 14 nitrogen and oxygen atoms in total. The van der Waals surface area contributed by atoms with E-state index in [4.69, 9.17) is 14.6 Å². The minimum Gasteiger partial charge on any atom is -1.00 e. The van der Waals surface area contributed by atoms with Crippen molar-refractivity contribution in [3.05, 3.63) is 59.2 Å². The van der Waals surface area contributed by atoms with Gasteiger partial charge in [0, 0.05) is 46.4 Å². The van der Waals surface area contributed by atoms with E-state index in [-0.39, 0.29) is 77.1 Å². The second-order valence-electron chi connectivity index (χ2n) is 7.38. The average molecular weight is 739 g/mol. The van der Waals surface area contributed by atoms with E-state index in [0.717, 1.165) is 7.11 Å². The Kier molecular flexibility index (Phi) is 29.0. The third-order valence-electron chi connectivity index (χ3n) is 5.01. The Morgan fingerprint density at radius 3 is 1.33 bits per heavy atom. The normalized spacial score (nSPS) is 14.3. The van der Waals surface area contributed by atoms with Crippen LogP contribution in [0.25, 0.3) is 0 Å². The summed E-state index contributed by atoms with van der Waals surface area (Å²) in [7, 11) is 1.00. The summed E-state index contributed by atoms with van der Waals surface area (Å²) in [6, 6.07) is 9.71. The molecule has 1 saturated heterocycles. The zero-order valence-electron chi connectivity index (χ0n) is 21.4. The Morgan fingerprint density at radius 1 is 0.744 bits per heavy atom. The number of pyridine rings is 2. The molecule has 39 heavy (non-hydrogen) atoms. The average Bonchev–Trinajstić information content (AvgIpc) is 2.83. The van der Waals surface area contributed by atoms with Crippen LogP contribution in [-0.2, 0) is 22.6 Å². The summed E-state index contributed by atoms with van der Waals surface area (Å²) < 4.78 is 11.6. The Labute approximate surface area is 262 Å². The molecule has 1 aliphatic rings. The van der Waals surface area contributed by atoms with Crippen LogP contribution in [0.5, 0.6) is 0 Å². The van der Waals surface area contributed by atoms with E-state index in [2.05, 4.69) is 19.8 Å². The van der Waals surface area contributed by atoms with E-state index in [1.165, 1.54) is 12.1 Å². The van der Waals surface area contributed by atoms with Gasteiger partial charge < -0.3 is 63.2 Å². The SMILES string of the molecule is CO.O.O.O.O=C([O-])c1cccc(CN2CCOCCN(Cc3cccc(C(=O)[O-])n3)CCOCC2)n1.[Cl-].[Lu+3]. The second kappa shape index (κ2) is 25.4. The van der Waals surface area contributed by atoms with Crippen molar-refractivity contribution in [1.82, 2.24) is 19.8 Å². The molecule has 0 aliphatic carbocycles. The van der Waals surface area contributed by atoms with Crippen LogP contribution in [0.15, 0.2) is 36.4 Å². The van der Waals surface area contributed by atoms with E-state index >= 15 is 0 Å². The number of aliphatic hydroxyl groups is 1. The van der Waals surface area contributed by atoms with Crippen LogP contribution in [0.4, 0.5) is 0 Å². The number of aromatic carboxylic acids is 2. The molecule has 0 saturated carbocycles. The summed E-state index contributed by atoms with van der Waals surface area (Å²) in [5.41, 5.74) is 1.14. The van der Waals surface area contributed by atoms with E-state index < -0.39 is 11.9 Å². The zero-order valence-corrected chi connectivity index (χ0v) is 23.8. The van der Waals surface area contributed by atoms with Crippen molar-refractivity contribution >= 4 is 11.9 Å². The van der Waals surface area contributed by atoms with Gasteiger partial charge >= 0.3 is 36.9 Å². The smallest absolute Gasteiger partial charge is 1.00 e. The van der Waals surface area contributed by atoms with Crippen LogP contribution < -0.4 is 22.6 Å². The number of aromatic nitrogens is 2. The number of hydrogen-bond acceptors (Lipinski definition) is 11. The van der Waals surface area contributed by atoms with Crippen molar-refractivity contribution in [2.45, 2.75) is 13.1 Å². The van der Waals surface area contributed by atoms with Gasteiger partial charge in [-0.15, -0.1) is 0 Å². The molecule has 0 spiro atoms. The zero-order chi connectivity index (χ0) is 24.8. The molecule has 7 N–H and O–H groups in total. The van der Waals surface area contributed by atoms with Crippen LogP contribution in [0.1, 0.15) is 32.4 Å². The molecule has 0 radical (unpaired) electrons. The van der Waals surface area contributed by atoms with Gasteiger partial charge in [-0.3, -0.25) is 19.8 Å². The van der Waals surface area contributed by atoms with Crippen molar-refractivity contribution in [2.75, 3.05) is 59.7 Å². The third kappa shape index (κ3) is 17.0. The van der Waals surface area contributed by atoms with Gasteiger partial charge in [-0.2, -0.15) is 0 Å². The molecular formula is C23H36ClLuN4O10. The summed E-state index contributed by atoms with van der Waals surface area (Å²) in [5.74, 6) is -2.59. The van der Waals surface area contributed by atoms with Crippen LogP contribution in [-0.4, -0.2) is 113 Å². The van der Waals surface area contributed by atoms with E-state index in [1.807, 2.05) is 0 Å². The van der Waals surface area contributed by atoms with E-state index in [9.17, 15) is 19.8 Å². The number of nitrogens with zero attached hydrogens (tertiary/aromatic N) is 4. The van der Waals surface area contributed by atoms with Gasteiger partial charge in [-0.05, 0) is 24.3 Å². The molecule has 3 rings (SSSR count). The first-order chi connectivity index (χ1) is 16.5. The predicted octanol–water partition coefficient (Wildman–Crippen LogP) is -7.31. The molecule has 0 atom stereocenters. The fourth-order valence-electron chi connectivity index (χ4n) is 3.34. The van der Waals surface area contributed by atoms with Gasteiger partial charge in [0.05, 0.1) is 61.1 Å². The molecule has 230 valence electrons. The van der Waals surface area contributed by atoms with Gasteiger partial charge in [-0.1, -0.05) is 12.1 Å². The number of ether oxygens (including phenoxy) is 2. The molecular weight excluding hydrogens is 703 g/mol. The molecule has 2 aromatic rings. The molecule has 2 aromatic heterocycles. The summed E-state index contributed by atoms with van der Waals surface area (Å²) >= 11 is 0. The molecule has 0 aromatic carbocycles. The number of halogens is 1. The van der Waals surface area contributed by atoms with Crippen molar-refractivity contribution in [3.63, 3.8) is 0 Å². The minimum absolute atomic E-state index is 0. The molecule has 1 aliphatic heterocycles. The first-order valence-electron chi connectivity index (χ1n) is 10.9. The predicted molar refractivity (Wildman–Crippen MR) is 128 cm³/mol. The Morgan fingerprint density at radius 2 is 1.05 bits per heavy atom. The minimum atomic E-state index is -1.29. The maximum absolute atomic E-state index is 11.0. The van der Waals surface area contributed by atoms with E-state index in [0.29, 0.717) is 77.1 Å². The van der Waals surface area contributed by atoms with Gasteiger partial charge in [-0.25, -0.2) is 0 Å². The Bertz CT molecular complexity index is 846. The number of carbonyl (C=O) groups is 2. The van der Waals surface area contributed by atoms with Gasteiger partial charge in [0.25, 0.3) is 0 Å². The maximum Gasteiger partial charge on any atom is 3.00 e. The summed E-state index contributed by atoms with van der Waals surface area (Å²) in [6.45, 7) is 5.59. The number of hydrogen-bond donors (Lipinski definition) is 1. The topological polar surface area (TPSA) is 246 Å². The number of aliphatic hydroxyl groups excluding tert-OH is 1. The standard InChI is InChI=1S/C22H28N4O6.CH4O.ClH.Lu.3H2O/c27-21(28)19-5-1-3-17(23-19)15-25-7-11-31-13-9-26(10-14-32-12-8-25)16-18-4-2-6-20(24-18)22(29)30;1-2;;;;;/h1-6H,7-16H2,(H,27,28)(H,29,30);2H,1H3;1H;;3*1H2/q;;;+3;;;/p-3. The molecule has 16 heteroatoms. The number of carboxylic acids is 2. The monoisotopic (exact) mass is 738 g/mol. The maximum atomic E-state index is 11.0. The molecule has 0 bridgehead atoms. The van der Waals surface area contributed by atoms with Crippen molar-refractivity contribution < 1.29 is 100 Å². The Hall–Kier alpha value is -1.56. The number of carboxylic acid groups (broad SMARTS) is 2. The molecule has 0 unspecified atom stereocenters. The third-order valence-corrected chi connectivity index (χ3v) is 5.01. The summed E-state index contributed by atoms with van der Waals surface area (Å²) in [6.07, 6.45) is 0. The fourth-order valence-corrected chi connectivity index (χ4v) is 3.34. The van der Waals surface area contributed by atoms with Crippen LogP contribution in [0.2, 0.25) is 0 Å². The number of rotatable bonds is 6. The van der Waals surface area contributed by atoms with Crippen molar-refractivity contribution in [2.24, 2.45) is 0 Å². The van der Waals surface area contributed by atoms with Crippen molar-refractivity contribution in [3.8, 4) is 0 Å². The molecule has 1 fully saturated rings. The fraction of sp³-hybridized carbons (Fsp3) is 0.478. The van der Waals surface area contributed by atoms with Crippen LogP contribution >= 0.6 is 0 Å². The first kappa shape index (κ1) is 44.5. The summed E-state index contributed by atoms with van der Waals surface area (Å²) in [4.78, 5) is 34.5. The van der Waals surface area contributed by atoms with Gasteiger partial charge in [0.1, 0.15) is 0 Å². The molecule has 3 heterocycles. The van der Waals surface area contributed by atoms with E-state index in [1.54, 1.807) is 24.3 Å². The molecule has 0 amide bonds. The van der Waals surface area contributed by atoms with Gasteiger partial charge in [0.2, 0.25) is 0 Å². The van der Waals surface area contributed by atoms with Crippen LogP contribution in [0, 0.1) is 36.9 Å². The van der Waals surface area contributed by atoms with Crippen LogP contribution in [0.3, 0.4) is 0 Å². The first-order valence-corrected chi connectivity index (χ1v) is 10.9. The number of carbonyl (C=O) groups excluding carboxylic acids is 2. The second-order valence-corrected chi connectivity index (χ2v) is 7.38. The van der Waals surface area contributed by atoms with Crippen molar-refractivity contribution in [1.29, 1.82) is 0 Å². The van der Waals surface area contributed by atoms with Gasteiger partial charge in [0.15, 0.2) is 0 Å². The summed E-state index contributed by atoms with van der Waals surface area (Å²) in [5, 5.41) is 29.0. The largest absolute Gasteiger partial charge is 3.00 e.